The van der Waals surface area contributed by atoms with Crippen LogP contribution in [-0.2, 0) is 6.54 Å². The van der Waals surface area contributed by atoms with E-state index in [9.17, 15) is 4.79 Å². The van der Waals surface area contributed by atoms with Crippen LogP contribution >= 0.6 is 38.5 Å². The standard InChI is InChI=1S/C14H11BrINO/c15-12-7-3-2-6-11(12)14(18)17-9-10-5-1-4-8-13(10)16/h1-8H,9H2,(H,17,18). The van der Waals surface area contributed by atoms with Gasteiger partial charge in [0.1, 0.15) is 0 Å². The molecule has 0 radical (unpaired) electrons. The first-order valence-electron chi connectivity index (χ1n) is 5.44. The molecule has 2 nitrogen and oxygen atoms in total. The third kappa shape index (κ3) is 3.32. The highest BCUT2D eigenvalue weighted by Crippen LogP contribution is 2.16. The lowest BCUT2D eigenvalue weighted by Crippen LogP contribution is -2.23. The molecule has 18 heavy (non-hydrogen) atoms. The van der Waals surface area contributed by atoms with Gasteiger partial charge < -0.3 is 5.32 Å². The van der Waals surface area contributed by atoms with Crippen molar-refractivity contribution in [3.8, 4) is 0 Å². The number of halogens is 2. The van der Waals surface area contributed by atoms with E-state index >= 15 is 0 Å². The van der Waals surface area contributed by atoms with Crippen molar-refractivity contribution in [2.45, 2.75) is 6.54 Å². The summed E-state index contributed by atoms with van der Waals surface area (Å²) in [7, 11) is 0. The van der Waals surface area contributed by atoms with Crippen molar-refractivity contribution in [2.24, 2.45) is 0 Å². The molecule has 0 aliphatic heterocycles. The lowest BCUT2D eigenvalue weighted by atomic mass is 10.2. The van der Waals surface area contributed by atoms with Crippen LogP contribution in [0.25, 0.3) is 0 Å². The Labute approximate surface area is 128 Å². The number of hydrogen-bond donors (Lipinski definition) is 1. The molecule has 0 unspecified atom stereocenters. The predicted octanol–water partition coefficient (Wildman–Crippen LogP) is 3.98. The predicted molar refractivity (Wildman–Crippen MR) is 84.5 cm³/mol. The Morgan fingerprint density at radius 1 is 1.11 bits per heavy atom. The van der Waals surface area contributed by atoms with Gasteiger partial charge in [-0.1, -0.05) is 30.3 Å². The van der Waals surface area contributed by atoms with Crippen LogP contribution in [0, 0.1) is 3.57 Å². The van der Waals surface area contributed by atoms with Crippen molar-refractivity contribution in [2.75, 3.05) is 0 Å². The minimum Gasteiger partial charge on any atom is -0.348 e. The second kappa shape index (κ2) is 6.33. The van der Waals surface area contributed by atoms with Crippen LogP contribution in [0.15, 0.2) is 53.0 Å². The van der Waals surface area contributed by atoms with E-state index in [0.29, 0.717) is 12.1 Å². The minimum absolute atomic E-state index is 0.0675. The third-order valence-corrected chi connectivity index (χ3v) is 4.26. The first kappa shape index (κ1) is 13.5. The fourth-order valence-electron chi connectivity index (χ4n) is 1.56. The summed E-state index contributed by atoms with van der Waals surface area (Å²) in [6, 6.07) is 15.4. The summed E-state index contributed by atoms with van der Waals surface area (Å²) in [5, 5.41) is 2.92. The Bertz CT molecular complexity index is 571. The highest BCUT2D eigenvalue weighted by atomic mass is 127. The molecule has 0 saturated carbocycles. The minimum atomic E-state index is -0.0675. The van der Waals surface area contributed by atoms with Crippen LogP contribution in [0.4, 0.5) is 0 Å². The highest BCUT2D eigenvalue weighted by Gasteiger charge is 2.09. The molecule has 0 atom stereocenters. The van der Waals surface area contributed by atoms with E-state index < -0.39 is 0 Å². The van der Waals surface area contributed by atoms with E-state index in [4.69, 9.17) is 0 Å². The molecule has 1 N–H and O–H groups in total. The maximum Gasteiger partial charge on any atom is 0.252 e. The lowest BCUT2D eigenvalue weighted by Gasteiger charge is -2.08. The van der Waals surface area contributed by atoms with Gasteiger partial charge in [0.25, 0.3) is 5.91 Å². The van der Waals surface area contributed by atoms with Gasteiger partial charge in [-0.25, -0.2) is 0 Å². The van der Waals surface area contributed by atoms with E-state index in [2.05, 4.69) is 43.8 Å². The summed E-state index contributed by atoms with van der Waals surface area (Å²) in [5.41, 5.74) is 1.78. The Hall–Kier alpha value is -0.880. The largest absolute Gasteiger partial charge is 0.348 e. The summed E-state index contributed by atoms with van der Waals surface area (Å²) >= 11 is 5.64. The molecule has 1 amide bonds. The molecule has 0 spiro atoms. The van der Waals surface area contributed by atoms with Crippen molar-refractivity contribution in [3.63, 3.8) is 0 Å². The zero-order valence-corrected chi connectivity index (χ0v) is 13.2. The zero-order chi connectivity index (χ0) is 13.0. The second-order valence-electron chi connectivity index (χ2n) is 3.75. The van der Waals surface area contributed by atoms with Crippen molar-refractivity contribution in [1.29, 1.82) is 0 Å². The van der Waals surface area contributed by atoms with Gasteiger partial charge in [-0.05, 0) is 62.3 Å². The number of carbonyl (C=O) groups is 1. The fourth-order valence-corrected chi connectivity index (χ4v) is 2.60. The van der Waals surface area contributed by atoms with Crippen LogP contribution in [0.2, 0.25) is 0 Å². The van der Waals surface area contributed by atoms with Gasteiger partial charge in [-0.15, -0.1) is 0 Å². The van der Waals surface area contributed by atoms with Crippen LogP contribution in [0.1, 0.15) is 15.9 Å². The van der Waals surface area contributed by atoms with Crippen LogP contribution in [0.3, 0.4) is 0 Å². The quantitative estimate of drug-likeness (QED) is 0.754. The van der Waals surface area contributed by atoms with Gasteiger partial charge in [0.15, 0.2) is 0 Å². The molecule has 0 aliphatic rings. The lowest BCUT2D eigenvalue weighted by molar-refractivity contribution is 0.0950. The summed E-state index contributed by atoms with van der Waals surface area (Å²) in [5.74, 6) is -0.0675. The van der Waals surface area contributed by atoms with E-state index in [-0.39, 0.29) is 5.91 Å². The summed E-state index contributed by atoms with van der Waals surface area (Å²) in [4.78, 5) is 12.0. The summed E-state index contributed by atoms with van der Waals surface area (Å²) in [6.45, 7) is 0.541. The number of rotatable bonds is 3. The molecule has 0 fully saturated rings. The Morgan fingerprint density at radius 2 is 1.78 bits per heavy atom. The van der Waals surface area contributed by atoms with Crippen LogP contribution in [0.5, 0.6) is 0 Å². The number of carbonyl (C=O) groups excluding carboxylic acids is 1. The monoisotopic (exact) mass is 415 g/mol. The molecule has 0 aromatic heterocycles. The normalized spacial score (nSPS) is 10.1. The maximum atomic E-state index is 12.0. The molecule has 0 bridgehead atoms. The molecule has 92 valence electrons. The number of hydrogen-bond acceptors (Lipinski definition) is 1. The van der Waals surface area contributed by atoms with E-state index in [0.717, 1.165) is 13.6 Å². The van der Waals surface area contributed by atoms with Crippen molar-refractivity contribution < 1.29 is 4.79 Å². The molecule has 2 aromatic rings. The Kier molecular flexibility index (Phi) is 4.77. The van der Waals surface area contributed by atoms with Crippen LogP contribution in [-0.4, -0.2) is 5.91 Å². The summed E-state index contributed by atoms with van der Waals surface area (Å²) in [6.07, 6.45) is 0. The molecule has 2 rings (SSSR count). The molecule has 0 aliphatic carbocycles. The first-order valence-corrected chi connectivity index (χ1v) is 7.32. The van der Waals surface area contributed by atoms with Crippen molar-refractivity contribution in [1.82, 2.24) is 5.32 Å². The SMILES string of the molecule is O=C(NCc1ccccc1I)c1ccccc1Br. The highest BCUT2D eigenvalue weighted by molar-refractivity contribution is 14.1. The Balaban J connectivity index is 2.06. The van der Waals surface area contributed by atoms with Gasteiger partial charge in [-0.2, -0.15) is 0 Å². The molecule has 0 heterocycles. The number of amides is 1. The zero-order valence-electron chi connectivity index (χ0n) is 9.49. The molecule has 0 saturated heterocycles. The molecule has 4 heteroatoms. The molecular formula is C14H11BrINO. The van der Waals surface area contributed by atoms with Gasteiger partial charge in [0.05, 0.1) is 5.56 Å². The average Bonchev–Trinajstić information content (AvgIpc) is 2.38. The average molecular weight is 416 g/mol. The van der Waals surface area contributed by atoms with E-state index in [1.807, 2.05) is 42.5 Å². The second-order valence-corrected chi connectivity index (χ2v) is 5.77. The maximum absolute atomic E-state index is 12.0. The van der Waals surface area contributed by atoms with E-state index in [1.54, 1.807) is 6.07 Å². The van der Waals surface area contributed by atoms with Crippen LogP contribution < -0.4 is 5.32 Å². The smallest absolute Gasteiger partial charge is 0.252 e. The third-order valence-electron chi connectivity index (χ3n) is 2.52. The fraction of sp³-hybridized carbons (Fsp3) is 0.0714. The number of benzene rings is 2. The van der Waals surface area contributed by atoms with Gasteiger partial charge in [-0.3, -0.25) is 4.79 Å². The topological polar surface area (TPSA) is 29.1 Å². The van der Waals surface area contributed by atoms with Gasteiger partial charge in [0, 0.05) is 14.6 Å². The molecule has 2 aromatic carbocycles. The van der Waals surface area contributed by atoms with Crippen molar-refractivity contribution >= 4 is 44.4 Å². The van der Waals surface area contributed by atoms with Gasteiger partial charge >= 0.3 is 0 Å². The number of nitrogens with one attached hydrogen (secondary N) is 1. The van der Waals surface area contributed by atoms with E-state index in [1.165, 1.54) is 0 Å². The first-order chi connectivity index (χ1) is 8.68. The summed E-state index contributed by atoms with van der Waals surface area (Å²) < 4.78 is 1.97. The molecular weight excluding hydrogens is 405 g/mol. The Morgan fingerprint density at radius 3 is 2.50 bits per heavy atom. The van der Waals surface area contributed by atoms with Crippen molar-refractivity contribution in [3.05, 3.63) is 67.7 Å². The van der Waals surface area contributed by atoms with Gasteiger partial charge in [0.2, 0.25) is 0 Å².